The Morgan fingerprint density at radius 1 is 1.17 bits per heavy atom. The van der Waals surface area contributed by atoms with Gasteiger partial charge in [0.05, 0.1) is 6.10 Å². The average molecular weight is 254 g/mol. The predicted molar refractivity (Wildman–Crippen MR) is 52.7 cm³/mol. The van der Waals surface area contributed by atoms with Crippen molar-refractivity contribution in [2.24, 2.45) is 47.3 Å². The number of carboxylic acids is 1. The average Bonchev–Trinajstić information content (AvgIpc) is 2.86. The van der Waals surface area contributed by atoms with Crippen molar-refractivity contribution in [3.63, 3.8) is 0 Å². The molecule has 7 fully saturated rings. The molecule has 0 amide bonds. The molecule has 0 aromatic rings. The van der Waals surface area contributed by atoms with E-state index in [1.165, 1.54) is 0 Å². The zero-order valence-corrected chi connectivity index (χ0v) is 9.42. The van der Waals surface area contributed by atoms with Crippen molar-refractivity contribution in [1.82, 2.24) is 0 Å². The van der Waals surface area contributed by atoms with Gasteiger partial charge in [-0.25, -0.2) is 4.79 Å². The third-order valence-electron chi connectivity index (χ3n) is 7.46. The fourth-order valence-corrected chi connectivity index (χ4v) is 7.67. The van der Waals surface area contributed by atoms with Crippen LogP contribution in [0.2, 0.25) is 0 Å². The van der Waals surface area contributed by atoms with Gasteiger partial charge in [-0.15, -0.1) is 0 Å². The summed E-state index contributed by atoms with van der Waals surface area (Å²) in [5.41, 5.74) is -1.63. The summed E-state index contributed by atoms with van der Waals surface area (Å²) in [6, 6.07) is 0. The second kappa shape index (κ2) is 2.03. The van der Waals surface area contributed by atoms with Gasteiger partial charge in [0.2, 0.25) is 0 Å². The van der Waals surface area contributed by atoms with E-state index in [2.05, 4.69) is 0 Å². The van der Waals surface area contributed by atoms with Crippen molar-refractivity contribution in [3.8, 4) is 0 Å². The Kier molecular flexibility index (Phi) is 1.04. The van der Waals surface area contributed by atoms with E-state index >= 15 is 0 Å². The lowest BCUT2D eigenvalue weighted by Crippen LogP contribution is -2.61. The minimum Gasteiger partial charge on any atom is -0.477 e. The summed E-state index contributed by atoms with van der Waals surface area (Å²) in [7, 11) is 0. The number of halogens is 2. The Bertz CT molecular complexity index is 524. The summed E-state index contributed by atoms with van der Waals surface area (Å²) in [5, 5.41) is 8.95. The van der Waals surface area contributed by atoms with Gasteiger partial charge in [-0.2, -0.15) is 8.78 Å². The highest BCUT2D eigenvalue weighted by atomic mass is 19.3. The molecule has 4 bridgehead atoms. The van der Waals surface area contributed by atoms with Crippen LogP contribution in [0.3, 0.4) is 0 Å². The molecule has 0 unspecified atom stereocenters. The smallest absolute Gasteiger partial charge is 0.377 e. The molecule has 2 heterocycles. The number of carbonyl (C=O) groups is 1. The lowest BCUT2D eigenvalue weighted by atomic mass is 9.56. The summed E-state index contributed by atoms with van der Waals surface area (Å²) in [5.74, 6) is -3.63. The van der Waals surface area contributed by atoms with Crippen LogP contribution in [0, 0.1) is 47.3 Å². The van der Waals surface area contributed by atoms with Crippen LogP contribution in [0.5, 0.6) is 0 Å². The van der Waals surface area contributed by atoms with Gasteiger partial charge in [0.1, 0.15) is 0 Å². The van der Waals surface area contributed by atoms with Crippen LogP contribution < -0.4 is 0 Å². The molecule has 5 aliphatic carbocycles. The second-order valence-electron chi connectivity index (χ2n) is 7.18. The molecule has 2 saturated heterocycles. The SMILES string of the molecule is O=C(O)C(F)(F)[C@]12O[C@@H]3[C@@H]4[C@H]5[C@@H]6C[C@@H]([C@@H]5[C@@H]41)[C@@H]2[C@@H]63. The van der Waals surface area contributed by atoms with E-state index in [-0.39, 0.29) is 29.8 Å². The Balaban J connectivity index is 1.65. The van der Waals surface area contributed by atoms with Crippen molar-refractivity contribution >= 4 is 5.97 Å². The molecule has 96 valence electrons. The Morgan fingerprint density at radius 3 is 2.67 bits per heavy atom. The van der Waals surface area contributed by atoms with Crippen molar-refractivity contribution in [3.05, 3.63) is 0 Å². The normalized spacial score (nSPS) is 71.6. The molecule has 7 rings (SSSR count). The van der Waals surface area contributed by atoms with E-state index in [1.54, 1.807) is 0 Å². The highest BCUT2D eigenvalue weighted by molar-refractivity contribution is 5.78. The third kappa shape index (κ3) is 0.497. The molecular formula is C13H12F2O3. The van der Waals surface area contributed by atoms with E-state index in [9.17, 15) is 13.6 Å². The van der Waals surface area contributed by atoms with Gasteiger partial charge < -0.3 is 9.84 Å². The number of ether oxygens (including phenoxy) is 1. The predicted octanol–water partition coefficient (Wildman–Crippen LogP) is 1.23. The summed E-state index contributed by atoms with van der Waals surface area (Å²) in [4.78, 5) is 11.0. The quantitative estimate of drug-likeness (QED) is 0.806. The molecular weight excluding hydrogens is 242 g/mol. The van der Waals surface area contributed by atoms with Crippen molar-refractivity contribution in [2.75, 3.05) is 0 Å². The molecule has 10 atom stereocenters. The van der Waals surface area contributed by atoms with Gasteiger partial charge in [0.15, 0.2) is 5.60 Å². The van der Waals surface area contributed by atoms with Gasteiger partial charge in [0, 0.05) is 11.8 Å². The minimum atomic E-state index is -3.71. The minimum absolute atomic E-state index is 0.0380. The second-order valence-corrected chi connectivity index (χ2v) is 7.18. The number of rotatable bonds is 2. The highest BCUT2D eigenvalue weighted by Gasteiger charge is 2.97. The van der Waals surface area contributed by atoms with Gasteiger partial charge in [-0.1, -0.05) is 0 Å². The van der Waals surface area contributed by atoms with E-state index in [1.807, 2.05) is 0 Å². The molecule has 2 aliphatic heterocycles. The maximum atomic E-state index is 14.3. The summed E-state index contributed by atoms with van der Waals surface area (Å²) in [6.07, 6.45) is 1.03. The fraction of sp³-hybridized carbons (Fsp3) is 0.923. The first kappa shape index (κ1) is 9.23. The summed E-state index contributed by atoms with van der Waals surface area (Å²) >= 11 is 0. The van der Waals surface area contributed by atoms with Crippen LogP contribution in [0.25, 0.3) is 0 Å². The molecule has 18 heavy (non-hydrogen) atoms. The highest BCUT2D eigenvalue weighted by Crippen LogP contribution is 2.91. The number of alkyl halides is 2. The van der Waals surface area contributed by atoms with Gasteiger partial charge in [-0.3, -0.25) is 0 Å². The number of carboxylic acid groups (broad SMARTS) is 1. The largest absolute Gasteiger partial charge is 0.477 e. The van der Waals surface area contributed by atoms with Gasteiger partial charge >= 0.3 is 11.9 Å². The van der Waals surface area contributed by atoms with Crippen LogP contribution in [0.1, 0.15) is 6.42 Å². The number of hydrogen-bond acceptors (Lipinski definition) is 2. The molecule has 5 saturated carbocycles. The first-order valence-corrected chi connectivity index (χ1v) is 6.81. The van der Waals surface area contributed by atoms with E-state index in [0.29, 0.717) is 23.7 Å². The van der Waals surface area contributed by atoms with Crippen LogP contribution in [0.15, 0.2) is 0 Å². The zero-order valence-electron chi connectivity index (χ0n) is 9.42. The molecule has 0 radical (unpaired) electrons. The molecule has 3 nitrogen and oxygen atoms in total. The molecule has 0 spiro atoms. The van der Waals surface area contributed by atoms with E-state index in [4.69, 9.17) is 9.84 Å². The number of aliphatic carboxylic acids is 1. The monoisotopic (exact) mass is 254 g/mol. The topological polar surface area (TPSA) is 46.5 Å². The Hall–Kier alpha value is -0.710. The lowest BCUT2D eigenvalue weighted by molar-refractivity contribution is -0.222. The van der Waals surface area contributed by atoms with Crippen LogP contribution in [-0.2, 0) is 9.53 Å². The fourth-order valence-electron chi connectivity index (χ4n) is 7.67. The number of hydrogen-bond donors (Lipinski definition) is 1. The standard InChI is InChI=1S/C13H12F2O3/c14-13(15,11(16)17)12-8-3-1-2-4-5(3)9(12)7(4)10(18-12)6(2)8/h2-10H,1H2,(H,16,17)/t2-,3-,4-,5-,6+,7+,8+,9-,10-,12+/m0/s1. The Labute approximate surface area is 101 Å². The molecule has 7 aliphatic rings. The lowest BCUT2D eigenvalue weighted by Gasteiger charge is -2.46. The molecule has 5 heteroatoms. The van der Waals surface area contributed by atoms with Gasteiger partial charge in [0.25, 0.3) is 0 Å². The maximum Gasteiger partial charge on any atom is 0.377 e. The zero-order chi connectivity index (χ0) is 12.2. The van der Waals surface area contributed by atoms with Crippen LogP contribution >= 0.6 is 0 Å². The molecule has 1 N–H and O–H groups in total. The molecule has 0 aromatic carbocycles. The molecule has 0 aromatic heterocycles. The first-order valence-electron chi connectivity index (χ1n) is 6.81. The van der Waals surface area contributed by atoms with Crippen molar-refractivity contribution in [1.29, 1.82) is 0 Å². The van der Waals surface area contributed by atoms with E-state index < -0.39 is 17.5 Å². The van der Waals surface area contributed by atoms with E-state index in [0.717, 1.165) is 6.42 Å². The van der Waals surface area contributed by atoms with Crippen LogP contribution in [0.4, 0.5) is 8.78 Å². The summed E-state index contributed by atoms with van der Waals surface area (Å²) in [6.45, 7) is 0. The third-order valence-corrected chi connectivity index (χ3v) is 7.46. The van der Waals surface area contributed by atoms with Crippen LogP contribution in [-0.4, -0.2) is 28.7 Å². The van der Waals surface area contributed by atoms with Gasteiger partial charge in [-0.05, 0) is 41.9 Å². The summed E-state index contributed by atoms with van der Waals surface area (Å²) < 4.78 is 34.4. The Morgan fingerprint density at radius 2 is 1.94 bits per heavy atom. The first-order chi connectivity index (χ1) is 8.52. The van der Waals surface area contributed by atoms with Crippen molar-refractivity contribution < 1.29 is 23.4 Å². The maximum absolute atomic E-state index is 14.3. The van der Waals surface area contributed by atoms with Crippen molar-refractivity contribution in [2.45, 2.75) is 24.0 Å².